The Morgan fingerprint density at radius 3 is 2.94 bits per heavy atom. The molecule has 1 aliphatic rings. The maximum Gasteiger partial charge on any atom is 0.253 e. The number of amides is 1. The standard InChI is InChI=1S/C12H15ClN2O2/c13-8-3-4-10(14)9(5-8)12(17)15-6-11(16)7-1-2-7/h3-5,7,11,16H,1-2,6,14H2,(H,15,17). The second-order valence-electron chi connectivity index (χ2n) is 4.35. The van der Waals surface area contributed by atoms with Crippen molar-refractivity contribution in [1.29, 1.82) is 0 Å². The molecule has 1 aromatic rings. The molecule has 0 spiro atoms. The number of nitrogens with one attached hydrogen (secondary N) is 1. The van der Waals surface area contributed by atoms with E-state index in [1.165, 1.54) is 6.07 Å². The van der Waals surface area contributed by atoms with Crippen LogP contribution >= 0.6 is 11.6 Å². The van der Waals surface area contributed by atoms with Gasteiger partial charge in [-0.05, 0) is 37.0 Å². The number of carbonyl (C=O) groups excluding carboxylic acids is 1. The van der Waals surface area contributed by atoms with Crippen molar-refractivity contribution in [2.24, 2.45) is 5.92 Å². The van der Waals surface area contributed by atoms with Crippen molar-refractivity contribution >= 4 is 23.2 Å². The summed E-state index contributed by atoms with van der Waals surface area (Å²) < 4.78 is 0. The Kier molecular flexibility index (Phi) is 3.54. The molecule has 1 unspecified atom stereocenters. The number of carbonyl (C=O) groups is 1. The van der Waals surface area contributed by atoms with Gasteiger partial charge in [-0.25, -0.2) is 0 Å². The summed E-state index contributed by atoms with van der Waals surface area (Å²) in [5.41, 5.74) is 6.42. The van der Waals surface area contributed by atoms with Gasteiger partial charge in [0.2, 0.25) is 0 Å². The fourth-order valence-electron chi connectivity index (χ4n) is 1.67. The van der Waals surface area contributed by atoms with Gasteiger partial charge < -0.3 is 16.2 Å². The van der Waals surface area contributed by atoms with E-state index in [4.69, 9.17) is 17.3 Å². The van der Waals surface area contributed by atoms with Crippen molar-refractivity contribution in [1.82, 2.24) is 5.32 Å². The summed E-state index contributed by atoms with van der Waals surface area (Å²) in [5.74, 6) is 0.0386. The van der Waals surface area contributed by atoms with Crippen LogP contribution in [-0.4, -0.2) is 23.7 Å². The lowest BCUT2D eigenvalue weighted by molar-refractivity contribution is 0.0902. The van der Waals surface area contributed by atoms with Gasteiger partial charge in [0.15, 0.2) is 0 Å². The Bertz CT molecular complexity index is 433. The quantitative estimate of drug-likeness (QED) is 0.712. The van der Waals surface area contributed by atoms with Crippen LogP contribution < -0.4 is 11.1 Å². The first kappa shape index (κ1) is 12.2. The molecule has 0 radical (unpaired) electrons. The van der Waals surface area contributed by atoms with Gasteiger partial charge in [0, 0.05) is 17.3 Å². The maximum absolute atomic E-state index is 11.8. The van der Waals surface area contributed by atoms with Gasteiger partial charge in [0.05, 0.1) is 11.7 Å². The van der Waals surface area contributed by atoms with Crippen LogP contribution in [0.5, 0.6) is 0 Å². The van der Waals surface area contributed by atoms with Crippen molar-refractivity contribution < 1.29 is 9.90 Å². The van der Waals surface area contributed by atoms with Gasteiger partial charge in [-0.3, -0.25) is 4.79 Å². The van der Waals surface area contributed by atoms with Crippen molar-refractivity contribution in [2.45, 2.75) is 18.9 Å². The number of benzene rings is 1. The summed E-state index contributed by atoms with van der Waals surface area (Å²) in [6.07, 6.45) is 1.62. The highest BCUT2D eigenvalue weighted by molar-refractivity contribution is 6.31. The highest BCUT2D eigenvalue weighted by Crippen LogP contribution is 2.32. The van der Waals surface area contributed by atoms with Crippen molar-refractivity contribution in [3.8, 4) is 0 Å². The number of hydrogen-bond donors (Lipinski definition) is 3. The molecule has 1 aliphatic carbocycles. The molecule has 5 heteroatoms. The SMILES string of the molecule is Nc1ccc(Cl)cc1C(=O)NCC(O)C1CC1. The van der Waals surface area contributed by atoms with E-state index in [9.17, 15) is 9.90 Å². The molecular weight excluding hydrogens is 240 g/mol. The first-order valence-corrected chi connectivity index (χ1v) is 5.97. The van der Waals surface area contributed by atoms with Crippen LogP contribution in [0.3, 0.4) is 0 Å². The van der Waals surface area contributed by atoms with Crippen LogP contribution in [0.4, 0.5) is 5.69 Å². The number of anilines is 1. The molecule has 0 aromatic heterocycles. The van der Waals surface area contributed by atoms with Crippen LogP contribution in [-0.2, 0) is 0 Å². The number of halogens is 1. The van der Waals surface area contributed by atoms with E-state index in [1.807, 2.05) is 0 Å². The monoisotopic (exact) mass is 254 g/mol. The van der Waals surface area contributed by atoms with Gasteiger partial charge in [-0.1, -0.05) is 11.6 Å². The molecule has 4 N–H and O–H groups in total. The Balaban J connectivity index is 1.96. The number of nitrogens with two attached hydrogens (primary N) is 1. The third kappa shape index (κ3) is 3.11. The van der Waals surface area contributed by atoms with Gasteiger partial charge in [-0.2, -0.15) is 0 Å². The zero-order valence-electron chi connectivity index (χ0n) is 9.32. The van der Waals surface area contributed by atoms with Gasteiger partial charge >= 0.3 is 0 Å². The molecule has 4 nitrogen and oxygen atoms in total. The van der Waals surface area contributed by atoms with E-state index >= 15 is 0 Å². The molecule has 1 atom stereocenters. The summed E-state index contributed by atoms with van der Waals surface area (Å²) in [6.45, 7) is 0.259. The van der Waals surface area contributed by atoms with E-state index in [1.54, 1.807) is 12.1 Å². The Hall–Kier alpha value is -1.26. The highest BCUT2D eigenvalue weighted by Gasteiger charge is 2.29. The molecule has 0 aliphatic heterocycles. The van der Waals surface area contributed by atoms with E-state index in [-0.39, 0.29) is 12.5 Å². The largest absolute Gasteiger partial charge is 0.398 e. The van der Waals surface area contributed by atoms with Crippen molar-refractivity contribution in [2.75, 3.05) is 12.3 Å². The zero-order valence-corrected chi connectivity index (χ0v) is 10.1. The van der Waals surface area contributed by atoms with Crippen LogP contribution in [0.25, 0.3) is 0 Å². The maximum atomic E-state index is 11.8. The predicted molar refractivity (Wildman–Crippen MR) is 66.9 cm³/mol. The van der Waals surface area contributed by atoms with E-state index < -0.39 is 6.10 Å². The number of aliphatic hydroxyl groups excluding tert-OH is 1. The predicted octanol–water partition coefficient (Wildman–Crippen LogP) is 1.42. The van der Waals surface area contributed by atoms with Crippen LogP contribution in [0.2, 0.25) is 5.02 Å². The van der Waals surface area contributed by atoms with Gasteiger partial charge in [0.25, 0.3) is 5.91 Å². The molecule has 17 heavy (non-hydrogen) atoms. The number of aliphatic hydroxyl groups is 1. The molecule has 0 heterocycles. The molecule has 0 bridgehead atoms. The lowest BCUT2D eigenvalue weighted by atomic mass is 10.1. The van der Waals surface area contributed by atoms with Crippen molar-refractivity contribution in [3.63, 3.8) is 0 Å². The topological polar surface area (TPSA) is 75.4 Å². The minimum atomic E-state index is -0.459. The molecule has 1 amide bonds. The number of rotatable bonds is 4. The first-order valence-electron chi connectivity index (χ1n) is 5.59. The van der Waals surface area contributed by atoms with Crippen LogP contribution in [0.15, 0.2) is 18.2 Å². The molecule has 1 saturated carbocycles. The summed E-state index contributed by atoms with van der Waals surface area (Å²) in [7, 11) is 0. The van der Waals surface area contributed by atoms with Crippen molar-refractivity contribution in [3.05, 3.63) is 28.8 Å². The molecule has 1 aromatic carbocycles. The smallest absolute Gasteiger partial charge is 0.253 e. The average molecular weight is 255 g/mol. The molecule has 1 fully saturated rings. The Morgan fingerprint density at radius 1 is 1.59 bits per heavy atom. The molecular formula is C12H15ClN2O2. The number of hydrogen-bond acceptors (Lipinski definition) is 3. The number of nitrogen functional groups attached to an aromatic ring is 1. The normalized spacial score (nSPS) is 16.6. The van der Waals surface area contributed by atoms with Crippen LogP contribution in [0, 0.1) is 5.92 Å². The molecule has 92 valence electrons. The second kappa shape index (κ2) is 4.94. The van der Waals surface area contributed by atoms with Gasteiger partial charge in [0.1, 0.15) is 0 Å². The van der Waals surface area contributed by atoms with Crippen LogP contribution in [0.1, 0.15) is 23.2 Å². The average Bonchev–Trinajstić information content (AvgIpc) is 3.12. The second-order valence-corrected chi connectivity index (χ2v) is 4.78. The minimum Gasteiger partial charge on any atom is -0.398 e. The summed E-state index contributed by atoms with van der Waals surface area (Å²) in [4.78, 5) is 11.8. The lowest BCUT2D eigenvalue weighted by Crippen LogP contribution is -2.33. The summed E-state index contributed by atoms with van der Waals surface area (Å²) >= 11 is 5.80. The minimum absolute atomic E-state index is 0.259. The lowest BCUT2D eigenvalue weighted by Gasteiger charge is -2.11. The third-order valence-electron chi connectivity index (χ3n) is 2.90. The highest BCUT2D eigenvalue weighted by atomic mass is 35.5. The van der Waals surface area contributed by atoms with Gasteiger partial charge in [-0.15, -0.1) is 0 Å². The molecule has 0 saturated heterocycles. The molecule has 2 rings (SSSR count). The Morgan fingerprint density at radius 2 is 2.29 bits per heavy atom. The van der Waals surface area contributed by atoms with E-state index in [0.29, 0.717) is 22.2 Å². The summed E-state index contributed by atoms with van der Waals surface area (Å²) in [6, 6.07) is 4.75. The van der Waals surface area contributed by atoms with E-state index in [2.05, 4.69) is 5.32 Å². The first-order chi connectivity index (χ1) is 8.08. The Labute approximate surface area is 105 Å². The van der Waals surface area contributed by atoms with E-state index in [0.717, 1.165) is 12.8 Å². The fraction of sp³-hybridized carbons (Fsp3) is 0.417. The fourth-order valence-corrected chi connectivity index (χ4v) is 1.84. The third-order valence-corrected chi connectivity index (χ3v) is 3.13. The summed E-state index contributed by atoms with van der Waals surface area (Å²) in [5, 5.41) is 12.8. The zero-order chi connectivity index (χ0) is 12.4.